The van der Waals surface area contributed by atoms with E-state index >= 15 is 0 Å². The van der Waals surface area contributed by atoms with Crippen molar-refractivity contribution in [3.8, 4) is 0 Å². The lowest BCUT2D eigenvalue weighted by molar-refractivity contribution is -0.147. The van der Waals surface area contributed by atoms with Crippen molar-refractivity contribution in [2.24, 2.45) is 41.4 Å². The SMILES string of the molecule is C.CCCC(CC(=O)C1[C@H]2CCC[C@H]2CN1C(=O)[C@@H](NC(=O)[C@H](CC(=O)CCCCc1nn[nH]n1)C(C)C)C(C)C)C(=O)C(=O)C[C@@H](Cc1ccccc1)C(=O)O. The zero-order valence-electron chi connectivity index (χ0n) is 33.6. The van der Waals surface area contributed by atoms with E-state index < -0.39 is 53.8 Å². The molecule has 0 spiro atoms. The summed E-state index contributed by atoms with van der Waals surface area (Å²) in [4.78, 5) is 96.1. The Balaban J connectivity index is 0.00000870. The Morgan fingerprint density at radius 2 is 1.65 bits per heavy atom. The van der Waals surface area contributed by atoms with Crippen molar-refractivity contribution in [1.82, 2.24) is 30.8 Å². The lowest BCUT2D eigenvalue weighted by atomic mass is 9.83. The van der Waals surface area contributed by atoms with E-state index in [9.17, 15) is 38.7 Å². The van der Waals surface area contributed by atoms with Crippen molar-refractivity contribution in [3.63, 3.8) is 0 Å². The van der Waals surface area contributed by atoms with Gasteiger partial charge in [-0.25, -0.2) is 0 Å². The molecule has 14 heteroatoms. The second-order valence-electron chi connectivity index (χ2n) is 16.5. The lowest BCUT2D eigenvalue weighted by Crippen LogP contribution is -2.56. The number of rotatable bonds is 24. The number of amides is 2. The number of Topliss-reactive ketones (excluding diaryl/α,β-unsaturated/α-hetero) is 4. The molecule has 2 unspecified atom stereocenters. The highest BCUT2D eigenvalue weighted by Gasteiger charge is 2.51. The number of aliphatic carboxylic acids is 1. The van der Waals surface area contributed by atoms with E-state index in [0.717, 1.165) is 24.8 Å². The second kappa shape index (κ2) is 22.4. The molecular formula is C43H64N6O8. The number of unbranched alkanes of at least 4 members (excludes halogenated alkanes) is 1. The smallest absolute Gasteiger partial charge is 0.307 e. The maximum absolute atomic E-state index is 14.4. The molecule has 14 nitrogen and oxygen atoms in total. The van der Waals surface area contributed by atoms with Gasteiger partial charge in [0.05, 0.1) is 12.0 Å². The molecule has 2 amide bonds. The predicted octanol–water partition coefficient (Wildman–Crippen LogP) is 5.40. The van der Waals surface area contributed by atoms with Crippen LogP contribution in [-0.4, -0.2) is 90.2 Å². The number of H-pyrrole nitrogens is 1. The van der Waals surface area contributed by atoms with Crippen LogP contribution in [0.15, 0.2) is 30.3 Å². The molecule has 1 aromatic carbocycles. The van der Waals surface area contributed by atoms with Crippen molar-refractivity contribution in [1.29, 1.82) is 0 Å². The van der Waals surface area contributed by atoms with E-state index in [-0.39, 0.29) is 80.2 Å². The van der Waals surface area contributed by atoms with Gasteiger partial charge in [-0.1, -0.05) is 90.4 Å². The van der Waals surface area contributed by atoms with Gasteiger partial charge in [-0.05, 0) is 67.8 Å². The molecule has 2 aliphatic rings. The summed E-state index contributed by atoms with van der Waals surface area (Å²) in [6.07, 6.45) is 5.02. The molecule has 0 bridgehead atoms. The van der Waals surface area contributed by atoms with E-state index in [1.807, 2.05) is 40.7 Å². The van der Waals surface area contributed by atoms with Crippen molar-refractivity contribution in [3.05, 3.63) is 41.7 Å². The highest BCUT2D eigenvalue weighted by molar-refractivity contribution is 6.38. The minimum atomic E-state index is -1.17. The summed E-state index contributed by atoms with van der Waals surface area (Å²) >= 11 is 0. The second-order valence-corrected chi connectivity index (χ2v) is 16.5. The summed E-state index contributed by atoms with van der Waals surface area (Å²) in [6, 6.07) is 7.19. The lowest BCUT2D eigenvalue weighted by Gasteiger charge is -2.33. The molecule has 1 saturated carbocycles. The molecule has 7 atom stereocenters. The third kappa shape index (κ3) is 12.9. The normalized spacial score (nSPS) is 19.6. The number of nitrogens with zero attached hydrogens (tertiary/aromatic N) is 4. The number of carbonyl (C=O) groups excluding carboxylic acids is 6. The van der Waals surface area contributed by atoms with Crippen molar-refractivity contribution in [2.75, 3.05) is 6.54 Å². The number of tetrazole rings is 1. The van der Waals surface area contributed by atoms with Gasteiger partial charge in [0.25, 0.3) is 0 Å². The monoisotopic (exact) mass is 792 g/mol. The number of aryl methyl sites for hydroxylation is 1. The molecule has 4 rings (SSSR count). The number of aromatic amines is 1. The van der Waals surface area contributed by atoms with Crippen LogP contribution in [0.5, 0.6) is 0 Å². The highest BCUT2D eigenvalue weighted by atomic mass is 16.4. The number of nitrogens with one attached hydrogen (secondary N) is 2. The van der Waals surface area contributed by atoms with E-state index in [4.69, 9.17) is 0 Å². The van der Waals surface area contributed by atoms with Gasteiger partial charge in [-0.3, -0.25) is 33.6 Å². The fourth-order valence-electron chi connectivity index (χ4n) is 8.50. The summed E-state index contributed by atoms with van der Waals surface area (Å²) in [5.74, 6) is -6.33. The Kier molecular flexibility index (Phi) is 18.3. The zero-order valence-corrected chi connectivity index (χ0v) is 33.6. The maximum atomic E-state index is 14.4. The third-order valence-corrected chi connectivity index (χ3v) is 11.7. The van der Waals surface area contributed by atoms with Crippen LogP contribution in [0.1, 0.15) is 124 Å². The standard InChI is InChI=1S/C42H60N6O8.CH4/c1-6-13-28(39(52)35(51)22-30(42(55)56)20-27-14-8-7-9-15-27)21-34(50)38-32-18-12-16-29(32)24-48(38)41(54)37(26(4)5)43-40(53)33(25(2)3)23-31(49)17-10-11-19-36-44-46-47-45-36;/h7-9,14-15,25-26,28-30,32-33,37-38H,6,10-13,16-24H2,1-5H3,(H,43,53)(H,55,56)(H,44,45,46,47);1H4/t28?,29-,30+,32-,33+,37-,38?;/m0./s1. The first-order valence-electron chi connectivity index (χ1n) is 20.4. The fraction of sp³-hybridized carbons (Fsp3) is 0.674. The number of carbonyl (C=O) groups is 7. The van der Waals surface area contributed by atoms with Gasteiger partial charge in [-0.2, -0.15) is 5.21 Å². The van der Waals surface area contributed by atoms with E-state index in [1.54, 1.807) is 29.2 Å². The largest absolute Gasteiger partial charge is 0.481 e. The Morgan fingerprint density at radius 1 is 0.930 bits per heavy atom. The van der Waals surface area contributed by atoms with Gasteiger partial charge in [0.2, 0.25) is 17.6 Å². The Labute approximate surface area is 337 Å². The molecule has 1 saturated heterocycles. The third-order valence-electron chi connectivity index (χ3n) is 11.7. The molecule has 0 radical (unpaired) electrons. The van der Waals surface area contributed by atoms with E-state index in [1.165, 1.54) is 0 Å². The number of fused-ring (bicyclic) bond motifs is 1. The molecular weight excluding hydrogens is 729 g/mol. The number of benzene rings is 1. The number of hydrogen-bond donors (Lipinski definition) is 3. The zero-order chi connectivity index (χ0) is 40.9. The Morgan fingerprint density at radius 3 is 2.26 bits per heavy atom. The van der Waals surface area contributed by atoms with Gasteiger partial charge < -0.3 is 15.3 Å². The molecule has 2 fully saturated rings. The van der Waals surface area contributed by atoms with Crippen molar-refractivity contribution < 1.29 is 38.7 Å². The van der Waals surface area contributed by atoms with Crippen LogP contribution in [0.3, 0.4) is 0 Å². The average molecular weight is 793 g/mol. The van der Waals surface area contributed by atoms with Crippen molar-refractivity contribution >= 4 is 40.9 Å². The van der Waals surface area contributed by atoms with Gasteiger partial charge in [0.15, 0.2) is 17.4 Å². The first-order valence-corrected chi connectivity index (χ1v) is 20.4. The number of hydrogen-bond acceptors (Lipinski definition) is 10. The van der Waals surface area contributed by atoms with Gasteiger partial charge in [-0.15, -0.1) is 10.2 Å². The number of carboxylic acids is 1. The van der Waals surface area contributed by atoms with Crippen LogP contribution in [-0.2, 0) is 46.4 Å². The van der Waals surface area contributed by atoms with Crippen LogP contribution in [0, 0.1) is 41.4 Å². The quantitative estimate of drug-likeness (QED) is 0.0906. The van der Waals surface area contributed by atoms with Gasteiger partial charge in [0.1, 0.15) is 11.8 Å². The summed E-state index contributed by atoms with van der Waals surface area (Å²) in [5, 5.41) is 26.6. The summed E-state index contributed by atoms with van der Waals surface area (Å²) in [5.41, 5.74) is 0.742. The van der Waals surface area contributed by atoms with Crippen molar-refractivity contribution in [2.45, 2.75) is 138 Å². The van der Waals surface area contributed by atoms with Crippen LogP contribution in [0.25, 0.3) is 0 Å². The summed E-state index contributed by atoms with van der Waals surface area (Å²) in [6.45, 7) is 9.63. The maximum Gasteiger partial charge on any atom is 0.307 e. The molecule has 3 N–H and O–H groups in total. The first-order chi connectivity index (χ1) is 26.7. The van der Waals surface area contributed by atoms with E-state index in [2.05, 4.69) is 25.9 Å². The summed E-state index contributed by atoms with van der Waals surface area (Å²) < 4.78 is 0. The molecule has 1 aliphatic heterocycles. The first kappa shape index (κ1) is 46.8. The topological polar surface area (TPSA) is 209 Å². The van der Waals surface area contributed by atoms with Gasteiger partial charge in [0, 0.05) is 50.5 Å². The number of aromatic nitrogens is 4. The average Bonchev–Trinajstić information content (AvgIpc) is 3.92. The molecule has 57 heavy (non-hydrogen) atoms. The Hall–Kier alpha value is -4.62. The number of ketones is 4. The van der Waals surface area contributed by atoms with Gasteiger partial charge >= 0.3 is 5.97 Å². The highest BCUT2D eigenvalue weighted by Crippen LogP contribution is 2.43. The fourth-order valence-corrected chi connectivity index (χ4v) is 8.50. The molecule has 2 aromatic rings. The Bertz CT molecular complexity index is 1660. The van der Waals surface area contributed by atoms with Crippen LogP contribution in [0.2, 0.25) is 0 Å². The summed E-state index contributed by atoms with van der Waals surface area (Å²) in [7, 11) is 0. The number of carboxylic acid groups (broad SMARTS) is 1. The van der Waals surface area contributed by atoms with Crippen LogP contribution in [0.4, 0.5) is 0 Å². The predicted molar refractivity (Wildman–Crippen MR) is 213 cm³/mol. The molecule has 314 valence electrons. The van der Waals surface area contributed by atoms with E-state index in [0.29, 0.717) is 44.5 Å². The number of likely N-dealkylation sites (tertiary alicyclic amines) is 1. The molecule has 1 aromatic heterocycles. The van der Waals surface area contributed by atoms with Crippen LogP contribution < -0.4 is 5.32 Å². The molecule has 1 aliphatic carbocycles. The minimum absolute atomic E-state index is 0. The van der Waals surface area contributed by atoms with Crippen LogP contribution >= 0.6 is 0 Å². The minimum Gasteiger partial charge on any atom is -0.481 e. The molecule has 2 heterocycles.